The van der Waals surface area contributed by atoms with E-state index in [1.807, 2.05) is 0 Å². The van der Waals surface area contributed by atoms with E-state index >= 15 is 0 Å². The van der Waals surface area contributed by atoms with Gasteiger partial charge in [0.05, 0.1) is 6.42 Å². The van der Waals surface area contributed by atoms with Crippen LogP contribution in [0.15, 0.2) is 24.7 Å². The Kier molecular flexibility index (Phi) is 1.24. The molecule has 0 amide bonds. The molecule has 1 fully saturated rings. The molecule has 0 unspecified atom stereocenters. The maximum atomic E-state index is 4.87. The van der Waals surface area contributed by atoms with E-state index in [-0.39, 0.29) is 6.79 Å². The van der Waals surface area contributed by atoms with E-state index in [1.54, 1.807) is 0 Å². The van der Waals surface area contributed by atoms with Crippen molar-refractivity contribution >= 4 is 0 Å². The Bertz CT molecular complexity index is 112. The lowest BCUT2D eigenvalue weighted by atomic mass is 10.3. The number of hydrogen-bond acceptors (Lipinski definition) is 2. The molecule has 0 aliphatic carbocycles. The Balaban J connectivity index is 2.45. The summed E-state index contributed by atoms with van der Waals surface area (Å²) < 4.78 is 9.74. The zero-order valence-electron chi connectivity index (χ0n) is 4.64. The third kappa shape index (κ3) is 1.03. The molecule has 0 bridgehead atoms. The van der Waals surface area contributed by atoms with Gasteiger partial charge in [0.15, 0.2) is 0 Å². The molecular weight excluding hydrogens is 104 g/mol. The van der Waals surface area contributed by atoms with E-state index in [4.69, 9.17) is 9.47 Å². The van der Waals surface area contributed by atoms with Crippen molar-refractivity contribution in [2.75, 3.05) is 6.79 Å². The van der Waals surface area contributed by atoms with Crippen molar-refractivity contribution in [1.82, 2.24) is 0 Å². The lowest BCUT2D eigenvalue weighted by molar-refractivity contribution is -0.0197. The molecule has 0 saturated carbocycles. The molecule has 1 aliphatic heterocycles. The Morgan fingerprint density at radius 2 is 1.62 bits per heavy atom. The number of ether oxygens (including phenoxy) is 2. The molecule has 0 atom stereocenters. The van der Waals surface area contributed by atoms with E-state index in [9.17, 15) is 0 Å². The van der Waals surface area contributed by atoms with E-state index in [0.29, 0.717) is 6.42 Å². The van der Waals surface area contributed by atoms with Crippen molar-refractivity contribution in [3.05, 3.63) is 24.7 Å². The van der Waals surface area contributed by atoms with Crippen molar-refractivity contribution in [2.45, 2.75) is 6.42 Å². The summed E-state index contributed by atoms with van der Waals surface area (Å²) in [6.45, 7) is 7.48. The van der Waals surface area contributed by atoms with Crippen LogP contribution in [0, 0.1) is 0 Å². The van der Waals surface area contributed by atoms with Gasteiger partial charge in [-0.25, -0.2) is 0 Å². The van der Waals surface area contributed by atoms with Crippen LogP contribution in [0.3, 0.4) is 0 Å². The molecule has 1 saturated heterocycles. The van der Waals surface area contributed by atoms with Gasteiger partial charge in [-0.05, 0) is 0 Å². The van der Waals surface area contributed by atoms with Crippen LogP contribution in [0.2, 0.25) is 0 Å². The lowest BCUT2D eigenvalue weighted by Crippen LogP contribution is -2.06. The maximum Gasteiger partial charge on any atom is 0.229 e. The second-order valence-electron chi connectivity index (χ2n) is 1.66. The summed E-state index contributed by atoms with van der Waals surface area (Å²) in [5.74, 6) is 1.47. The van der Waals surface area contributed by atoms with Gasteiger partial charge >= 0.3 is 0 Å². The molecule has 2 nitrogen and oxygen atoms in total. The van der Waals surface area contributed by atoms with Gasteiger partial charge in [0.1, 0.15) is 11.5 Å². The molecule has 1 rings (SSSR count). The highest BCUT2D eigenvalue weighted by Crippen LogP contribution is 2.15. The molecule has 0 aromatic rings. The Labute approximate surface area is 48.4 Å². The first-order chi connectivity index (χ1) is 3.79. The van der Waals surface area contributed by atoms with Gasteiger partial charge in [-0.1, -0.05) is 13.2 Å². The van der Waals surface area contributed by atoms with E-state index in [0.717, 1.165) is 11.5 Å². The topological polar surface area (TPSA) is 18.5 Å². The van der Waals surface area contributed by atoms with Crippen LogP contribution in [-0.2, 0) is 9.47 Å². The monoisotopic (exact) mass is 112 g/mol. The largest absolute Gasteiger partial charge is 0.462 e. The van der Waals surface area contributed by atoms with Gasteiger partial charge in [0, 0.05) is 0 Å². The molecule has 8 heavy (non-hydrogen) atoms. The van der Waals surface area contributed by atoms with Gasteiger partial charge in [-0.2, -0.15) is 0 Å². The van der Waals surface area contributed by atoms with Crippen molar-refractivity contribution in [3.8, 4) is 0 Å². The second kappa shape index (κ2) is 1.90. The van der Waals surface area contributed by atoms with Crippen molar-refractivity contribution in [1.29, 1.82) is 0 Å². The Morgan fingerprint density at radius 1 is 1.12 bits per heavy atom. The summed E-state index contributed by atoms with van der Waals surface area (Å²) in [5.41, 5.74) is 0. The fraction of sp³-hybridized carbons (Fsp3) is 0.333. The van der Waals surface area contributed by atoms with Gasteiger partial charge in [0.25, 0.3) is 0 Å². The summed E-state index contributed by atoms with van der Waals surface area (Å²) in [6, 6.07) is 0. The van der Waals surface area contributed by atoms with Crippen molar-refractivity contribution < 1.29 is 9.47 Å². The molecule has 1 aliphatic rings. The molecule has 0 spiro atoms. The molecule has 0 radical (unpaired) electrons. The Morgan fingerprint density at radius 3 is 1.88 bits per heavy atom. The highest BCUT2D eigenvalue weighted by Gasteiger charge is 2.05. The van der Waals surface area contributed by atoms with Crippen molar-refractivity contribution in [2.24, 2.45) is 0 Å². The number of hydrogen-bond donors (Lipinski definition) is 0. The predicted octanol–water partition coefficient (Wildman–Crippen LogP) is 1.41. The molecule has 1 heterocycles. The zero-order valence-corrected chi connectivity index (χ0v) is 4.64. The number of rotatable bonds is 0. The third-order valence-electron chi connectivity index (χ3n) is 0.920. The van der Waals surface area contributed by atoms with Crippen LogP contribution in [0.4, 0.5) is 0 Å². The minimum absolute atomic E-state index is 0.275. The average Bonchev–Trinajstić information content (AvgIpc) is 1.64. The Hall–Kier alpha value is -0.920. The summed E-state index contributed by atoms with van der Waals surface area (Å²) in [6.07, 6.45) is 0.639. The molecule has 0 aromatic heterocycles. The average molecular weight is 112 g/mol. The summed E-state index contributed by atoms with van der Waals surface area (Å²) in [4.78, 5) is 0. The van der Waals surface area contributed by atoms with Crippen LogP contribution in [0.25, 0.3) is 0 Å². The van der Waals surface area contributed by atoms with Crippen LogP contribution in [-0.4, -0.2) is 6.79 Å². The van der Waals surface area contributed by atoms with Crippen molar-refractivity contribution in [3.63, 3.8) is 0 Å². The second-order valence-corrected chi connectivity index (χ2v) is 1.66. The smallest absolute Gasteiger partial charge is 0.229 e. The molecular formula is C6H8O2. The van der Waals surface area contributed by atoms with Crippen LogP contribution >= 0.6 is 0 Å². The van der Waals surface area contributed by atoms with Gasteiger partial charge in [-0.3, -0.25) is 0 Å². The first kappa shape index (κ1) is 5.22. The zero-order chi connectivity index (χ0) is 5.98. The van der Waals surface area contributed by atoms with E-state index in [1.165, 1.54) is 0 Å². The van der Waals surface area contributed by atoms with E-state index < -0.39 is 0 Å². The first-order valence-electron chi connectivity index (χ1n) is 2.40. The molecule has 2 heteroatoms. The molecule has 0 aromatic carbocycles. The highest BCUT2D eigenvalue weighted by molar-refractivity contribution is 4.99. The normalized spacial score (nSPS) is 19.5. The van der Waals surface area contributed by atoms with Gasteiger partial charge in [-0.15, -0.1) is 0 Å². The van der Waals surface area contributed by atoms with Gasteiger partial charge < -0.3 is 9.47 Å². The summed E-state index contributed by atoms with van der Waals surface area (Å²) in [5, 5.41) is 0. The van der Waals surface area contributed by atoms with Gasteiger partial charge in [0.2, 0.25) is 6.79 Å². The standard InChI is InChI=1S/C6H8O2/c1-5-3-6(2)8-4-7-5/h1-4H2. The minimum atomic E-state index is 0.275. The maximum absolute atomic E-state index is 4.87. The van der Waals surface area contributed by atoms with E-state index in [2.05, 4.69) is 13.2 Å². The SMILES string of the molecule is C=C1CC(=C)OCO1. The molecule has 44 valence electrons. The fourth-order valence-corrected chi connectivity index (χ4v) is 0.518. The van der Waals surface area contributed by atoms with Crippen LogP contribution in [0.1, 0.15) is 6.42 Å². The first-order valence-corrected chi connectivity index (χ1v) is 2.40. The highest BCUT2D eigenvalue weighted by atomic mass is 16.7. The fourth-order valence-electron chi connectivity index (χ4n) is 0.518. The minimum Gasteiger partial charge on any atom is -0.462 e. The summed E-state index contributed by atoms with van der Waals surface area (Å²) >= 11 is 0. The quantitative estimate of drug-likeness (QED) is 0.471. The van der Waals surface area contributed by atoms with Crippen LogP contribution in [0.5, 0.6) is 0 Å². The molecule has 0 N–H and O–H groups in total. The van der Waals surface area contributed by atoms with Crippen LogP contribution < -0.4 is 0 Å². The predicted molar refractivity (Wildman–Crippen MR) is 29.9 cm³/mol. The lowest BCUT2D eigenvalue weighted by Gasteiger charge is -2.17. The third-order valence-corrected chi connectivity index (χ3v) is 0.920. The summed E-state index contributed by atoms with van der Waals surface area (Å²) in [7, 11) is 0.